The summed E-state index contributed by atoms with van der Waals surface area (Å²) < 4.78 is 0. The molecule has 0 saturated carbocycles. The molecule has 0 radical (unpaired) electrons. The quantitative estimate of drug-likeness (QED) is 0.765. The van der Waals surface area contributed by atoms with E-state index in [1.165, 1.54) is 0 Å². The van der Waals surface area contributed by atoms with Crippen molar-refractivity contribution in [3.63, 3.8) is 0 Å². The minimum atomic E-state index is -0.869. The van der Waals surface area contributed by atoms with Crippen molar-refractivity contribution in [1.29, 1.82) is 0 Å². The molecule has 18 heavy (non-hydrogen) atoms. The van der Waals surface area contributed by atoms with E-state index in [4.69, 9.17) is 10.8 Å². The molecule has 3 nitrogen and oxygen atoms in total. The highest BCUT2D eigenvalue weighted by Crippen LogP contribution is 2.29. The molecule has 2 unspecified atom stereocenters. The van der Waals surface area contributed by atoms with Crippen molar-refractivity contribution < 1.29 is 10.2 Å². The summed E-state index contributed by atoms with van der Waals surface area (Å²) in [6.45, 7) is -0.246. The van der Waals surface area contributed by atoms with Crippen molar-refractivity contribution in [2.75, 3.05) is 6.61 Å². The highest BCUT2D eigenvalue weighted by atomic mass is 16.3. The fourth-order valence-electron chi connectivity index (χ4n) is 1.97. The maximum absolute atomic E-state index is 10.1. The average Bonchev–Trinajstić information content (AvgIpc) is 2.46. The van der Waals surface area contributed by atoms with E-state index in [1.807, 2.05) is 54.6 Å². The Labute approximate surface area is 107 Å². The van der Waals surface area contributed by atoms with E-state index >= 15 is 0 Å². The van der Waals surface area contributed by atoms with E-state index < -0.39 is 12.1 Å². The van der Waals surface area contributed by atoms with Gasteiger partial charge in [0.25, 0.3) is 0 Å². The first kappa shape index (κ1) is 12.8. The topological polar surface area (TPSA) is 66.5 Å². The molecule has 0 fully saturated rings. The zero-order valence-electron chi connectivity index (χ0n) is 10.0. The summed E-state index contributed by atoms with van der Waals surface area (Å²) in [5.41, 5.74) is 8.40. The fraction of sp³-hybridized carbons (Fsp3) is 0.200. The van der Waals surface area contributed by atoms with Gasteiger partial charge in [-0.1, -0.05) is 54.6 Å². The zero-order valence-corrected chi connectivity index (χ0v) is 10.0. The van der Waals surface area contributed by atoms with Crippen molar-refractivity contribution in [2.24, 2.45) is 5.73 Å². The van der Waals surface area contributed by atoms with Crippen LogP contribution in [0.15, 0.2) is 54.6 Å². The van der Waals surface area contributed by atoms with Crippen LogP contribution in [0.4, 0.5) is 0 Å². The Morgan fingerprint density at radius 1 is 0.944 bits per heavy atom. The second-order valence-corrected chi connectivity index (χ2v) is 4.24. The van der Waals surface area contributed by atoms with E-state index in [0.717, 1.165) is 16.7 Å². The number of hydrogen-bond acceptors (Lipinski definition) is 3. The Kier molecular flexibility index (Phi) is 4.10. The lowest BCUT2D eigenvalue weighted by Gasteiger charge is -2.20. The second-order valence-electron chi connectivity index (χ2n) is 4.24. The Bertz CT molecular complexity index is 499. The molecule has 0 aliphatic carbocycles. The molecule has 94 valence electrons. The maximum atomic E-state index is 10.1. The van der Waals surface area contributed by atoms with Gasteiger partial charge in [-0.2, -0.15) is 0 Å². The molecule has 2 aromatic rings. The van der Waals surface area contributed by atoms with Crippen LogP contribution in [0.1, 0.15) is 11.7 Å². The summed E-state index contributed by atoms with van der Waals surface area (Å²) in [7, 11) is 0. The van der Waals surface area contributed by atoms with Crippen LogP contribution in [0, 0.1) is 0 Å². The normalized spacial score (nSPS) is 14.2. The SMILES string of the molecule is NC(CO)C(O)c1ccccc1-c1ccccc1. The van der Waals surface area contributed by atoms with Crippen molar-refractivity contribution in [1.82, 2.24) is 0 Å². The lowest BCUT2D eigenvalue weighted by molar-refractivity contribution is 0.110. The summed E-state index contributed by atoms with van der Waals surface area (Å²) in [5, 5.41) is 19.2. The first-order chi connectivity index (χ1) is 8.74. The van der Waals surface area contributed by atoms with Gasteiger partial charge in [0, 0.05) is 0 Å². The lowest BCUT2D eigenvalue weighted by Crippen LogP contribution is -2.32. The van der Waals surface area contributed by atoms with E-state index in [-0.39, 0.29) is 6.61 Å². The highest BCUT2D eigenvalue weighted by Gasteiger charge is 2.19. The van der Waals surface area contributed by atoms with Crippen molar-refractivity contribution in [2.45, 2.75) is 12.1 Å². The van der Waals surface area contributed by atoms with Gasteiger partial charge in [0.2, 0.25) is 0 Å². The van der Waals surface area contributed by atoms with Crippen LogP contribution in [0.25, 0.3) is 11.1 Å². The Morgan fingerprint density at radius 3 is 2.22 bits per heavy atom. The fourth-order valence-corrected chi connectivity index (χ4v) is 1.97. The molecule has 0 saturated heterocycles. The number of rotatable bonds is 4. The molecule has 0 aliphatic heterocycles. The Morgan fingerprint density at radius 2 is 1.56 bits per heavy atom. The molecule has 0 heterocycles. The van der Waals surface area contributed by atoms with Gasteiger partial charge in [0.15, 0.2) is 0 Å². The zero-order chi connectivity index (χ0) is 13.0. The molecule has 0 aliphatic rings. The van der Waals surface area contributed by atoms with Gasteiger partial charge in [-0.05, 0) is 16.7 Å². The first-order valence-electron chi connectivity index (χ1n) is 5.93. The molecule has 3 heteroatoms. The predicted molar refractivity (Wildman–Crippen MR) is 71.9 cm³/mol. The van der Waals surface area contributed by atoms with Gasteiger partial charge in [0.05, 0.1) is 18.8 Å². The Hall–Kier alpha value is -1.68. The molecule has 0 bridgehead atoms. The van der Waals surface area contributed by atoms with Gasteiger partial charge in [-0.15, -0.1) is 0 Å². The van der Waals surface area contributed by atoms with Crippen molar-refractivity contribution in [3.8, 4) is 11.1 Å². The van der Waals surface area contributed by atoms with E-state index in [2.05, 4.69) is 0 Å². The summed E-state index contributed by atoms with van der Waals surface area (Å²) >= 11 is 0. The lowest BCUT2D eigenvalue weighted by atomic mass is 9.93. The maximum Gasteiger partial charge on any atom is 0.0969 e. The molecule has 2 atom stereocenters. The third kappa shape index (κ3) is 2.59. The van der Waals surface area contributed by atoms with E-state index in [9.17, 15) is 5.11 Å². The molecular formula is C15H17NO2. The van der Waals surface area contributed by atoms with Crippen LogP contribution in [0.3, 0.4) is 0 Å². The summed E-state index contributed by atoms with van der Waals surface area (Å²) in [6, 6.07) is 16.7. The van der Waals surface area contributed by atoms with Crippen molar-refractivity contribution in [3.05, 3.63) is 60.2 Å². The summed E-state index contributed by atoms with van der Waals surface area (Å²) in [5.74, 6) is 0. The van der Waals surface area contributed by atoms with Crippen LogP contribution in [-0.2, 0) is 0 Å². The summed E-state index contributed by atoms with van der Waals surface area (Å²) in [4.78, 5) is 0. The first-order valence-corrected chi connectivity index (χ1v) is 5.93. The molecule has 0 aromatic heterocycles. The monoisotopic (exact) mass is 243 g/mol. The van der Waals surface area contributed by atoms with Crippen LogP contribution < -0.4 is 5.73 Å². The molecule has 0 spiro atoms. The number of hydrogen-bond donors (Lipinski definition) is 3. The minimum Gasteiger partial charge on any atom is -0.395 e. The predicted octanol–water partition coefficient (Wildman–Crippen LogP) is 1.71. The smallest absolute Gasteiger partial charge is 0.0969 e. The number of nitrogens with two attached hydrogens (primary N) is 1. The molecular weight excluding hydrogens is 226 g/mol. The van der Waals surface area contributed by atoms with E-state index in [1.54, 1.807) is 0 Å². The van der Waals surface area contributed by atoms with Gasteiger partial charge in [0.1, 0.15) is 0 Å². The van der Waals surface area contributed by atoms with Gasteiger partial charge >= 0.3 is 0 Å². The minimum absolute atomic E-state index is 0.246. The largest absolute Gasteiger partial charge is 0.395 e. The van der Waals surface area contributed by atoms with Crippen molar-refractivity contribution >= 4 is 0 Å². The van der Waals surface area contributed by atoms with Crippen LogP contribution in [0.2, 0.25) is 0 Å². The van der Waals surface area contributed by atoms with Gasteiger partial charge in [-0.25, -0.2) is 0 Å². The van der Waals surface area contributed by atoms with Gasteiger partial charge < -0.3 is 15.9 Å². The summed E-state index contributed by atoms with van der Waals surface area (Å²) in [6.07, 6.45) is -0.869. The standard InChI is InChI=1S/C15H17NO2/c16-14(10-17)15(18)13-9-5-4-8-12(13)11-6-2-1-3-7-11/h1-9,14-15,17-18H,10,16H2. The molecule has 2 aromatic carbocycles. The Balaban J connectivity index is 2.44. The average molecular weight is 243 g/mol. The number of aliphatic hydroxyl groups is 2. The van der Waals surface area contributed by atoms with E-state index in [0.29, 0.717) is 0 Å². The molecule has 0 amide bonds. The molecule has 2 rings (SSSR count). The van der Waals surface area contributed by atoms with Crippen LogP contribution in [0.5, 0.6) is 0 Å². The van der Waals surface area contributed by atoms with Gasteiger partial charge in [-0.3, -0.25) is 0 Å². The van der Waals surface area contributed by atoms with Crippen LogP contribution >= 0.6 is 0 Å². The third-order valence-corrected chi connectivity index (χ3v) is 2.98. The number of aliphatic hydroxyl groups excluding tert-OH is 2. The molecule has 4 N–H and O–H groups in total. The third-order valence-electron chi connectivity index (χ3n) is 2.98. The number of benzene rings is 2. The highest BCUT2D eigenvalue weighted by molar-refractivity contribution is 5.67. The second kappa shape index (κ2) is 5.78. The van der Waals surface area contributed by atoms with Crippen LogP contribution in [-0.4, -0.2) is 22.9 Å².